The first-order valence-electron chi connectivity index (χ1n) is 10.7. The molecule has 1 saturated heterocycles. The summed E-state index contributed by atoms with van der Waals surface area (Å²) < 4.78 is 16.5. The lowest BCUT2D eigenvalue weighted by Gasteiger charge is -2.45. The number of fused-ring (bicyclic) bond motifs is 6. The second-order valence-corrected chi connectivity index (χ2v) is 7.87. The molecule has 32 heavy (non-hydrogen) atoms. The number of benzene rings is 2. The van der Waals surface area contributed by atoms with Crippen LogP contribution in [0.5, 0.6) is 11.5 Å². The van der Waals surface area contributed by atoms with Crippen molar-refractivity contribution in [1.82, 2.24) is 9.80 Å². The van der Waals surface area contributed by atoms with Gasteiger partial charge in [0.05, 0.1) is 34.0 Å². The monoisotopic (exact) mass is 436 g/mol. The Morgan fingerprint density at radius 1 is 0.906 bits per heavy atom. The average Bonchev–Trinajstić information content (AvgIpc) is 2.83. The fraction of sp³-hybridized carbons (Fsp3) is 0.360. The van der Waals surface area contributed by atoms with Crippen molar-refractivity contribution in [3.05, 3.63) is 71.8 Å². The first-order valence-corrected chi connectivity index (χ1v) is 10.7. The van der Waals surface area contributed by atoms with E-state index in [0.29, 0.717) is 31.1 Å². The summed E-state index contributed by atoms with van der Waals surface area (Å²) in [6, 6.07) is 14.0. The number of carbonyl (C=O) groups excluding carboxylic acids is 2. The van der Waals surface area contributed by atoms with Gasteiger partial charge < -0.3 is 24.0 Å². The van der Waals surface area contributed by atoms with Crippen molar-refractivity contribution >= 4 is 11.8 Å². The molecule has 168 valence electrons. The van der Waals surface area contributed by atoms with E-state index in [4.69, 9.17) is 14.2 Å². The summed E-state index contributed by atoms with van der Waals surface area (Å²) >= 11 is 0. The van der Waals surface area contributed by atoms with Crippen LogP contribution >= 0.6 is 0 Å². The predicted octanol–water partition coefficient (Wildman–Crippen LogP) is 2.79. The van der Waals surface area contributed by atoms with Crippen LogP contribution in [0.25, 0.3) is 0 Å². The molecule has 3 aliphatic heterocycles. The van der Waals surface area contributed by atoms with Crippen LogP contribution in [0.1, 0.15) is 17.5 Å². The molecule has 3 heterocycles. The maximum absolute atomic E-state index is 13.7. The largest absolute Gasteiger partial charge is 0.497 e. The van der Waals surface area contributed by atoms with E-state index >= 15 is 0 Å². The van der Waals surface area contributed by atoms with E-state index in [-0.39, 0.29) is 25.0 Å². The SMILES string of the molecule is COc1ccc(CN2C(=O)[C@@H]3C/C=C\COC[C@H]2C(=O)N3Cc2ccccc2)c(OC)c1. The summed E-state index contributed by atoms with van der Waals surface area (Å²) in [5.74, 6) is 1.09. The number of hydrogen-bond acceptors (Lipinski definition) is 5. The summed E-state index contributed by atoms with van der Waals surface area (Å²) in [6.45, 7) is 1.21. The van der Waals surface area contributed by atoms with Crippen LogP contribution in [0, 0.1) is 0 Å². The lowest BCUT2D eigenvalue weighted by Crippen LogP contribution is -2.65. The van der Waals surface area contributed by atoms with E-state index in [2.05, 4.69) is 0 Å². The average molecular weight is 437 g/mol. The molecular formula is C25H28N2O5. The maximum Gasteiger partial charge on any atom is 0.248 e. The van der Waals surface area contributed by atoms with Crippen LogP contribution in [0.3, 0.4) is 0 Å². The third-order valence-corrected chi connectivity index (χ3v) is 5.94. The molecule has 1 fully saturated rings. The highest BCUT2D eigenvalue weighted by Crippen LogP contribution is 2.30. The highest BCUT2D eigenvalue weighted by molar-refractivity contribution is 5.97. The molecule has 0 radical (unpaired) electrons. The number of methoxy groups -OCH3 is 2. The highest BCUT2D eigenvalue weighted by atomic mass is 16.5. The van der Waals surface area contributed by atoms with Gasteiger partial charge in [-0.15, -0.1) is 0 Å². The number of piperazine rings is 1. The number of ether oxygens (including phenoxy) is 3. The maximum atomic E-state index is 13.7. The Bertz CT molecular complexity index is 991. The number of carbonyl (C=O) groups is 2. The van der Waals surface area contributed by atoms with Gasteiger partial charge in [-0.3, -0.25) is 9.59 Å². The Balaban J connectivity index is 1.67. The molecule has 0 aliphatic carbocycles. The van der Waals surface area contributed by atoms with Gasteiger partial charge in [0, 0.05) is 18.2 Å². The first kappa shape index (κ1) is 21.9. The topological polar surface area (TPSA) is 68.3 Å². The lowest BCUT2D eigenvalue weighted by atomic mass is 9.99. The lowest BCUT2D eigenvalue weighted by molar-refractivity contribution is -0.166. The quantitative estimate of drug-likeness (QED) is 0.652. The van der Waals surface area contributed by atoms with Crippen LogP contribution in [-0.4, -0.2) is 61.1 Å². The zero-order valence-electron chi connectivity index (χ0n) is 18.4. The normalized spacial score (nSPS) is 22.1. The second-order valence-electron chi connectivity index (χ2n) is 7.87. The van der Waals surface area contributed by atoms with Gasteiger partial charge in [-0.1, -0.05) is 42.5 Å². The summed E-state index contributed by atoms with van der Waals surface area (Å²) in [5.41, 5.74) is 1.80. The van der Waals surface area contributed by atoms with E-state index < -0.39 is 12.1 Å². The van der Waals surface area contributed by atoms with Crippen molar-refractivity contribution < 1.29 is 23.8 Å². The number of rotatable bonds is 6. The third-order valence-electron chi connectivity index (χ3n) is 5.94. The Morgan fingerprint density at radius 2 is 1.66 bits per heavy atom. The molecule has 2 atom stereocenters. The predicted molar refractivity (Wildman–Crippen MR) is 119 cm³/mol. The number of amides is 2. The van der Waals surface area contributed by atoms with Crippen LogP contribution in [0.4, 0.5) is 0 Å². The van der Waals surface area contributed by atoms with Crippen LogP contribution in [0.2, 0.25) is 0 Å². The van der Waals surface area contributed by atoms with Gasteiger partial charge in [0.25, 0.3) is 0 Å². The standard InChI is InChI=1S/C25H28N2O5/c1-30-20-12-11-19(23(14-20)31-2)16-27-22-17-32-13-7-6-10-21(24(27)28)26(25(22)29)15-18-8-4-3-5-9-18/h3-9,11-12,14,21-22H,10,13,15-17H2,1-2H3/b7-6-/t21-,22-/m0/s1. The fourth-order valence-electron chi connectivity index (χ4n) is 4.21. The molecular weight excluding hydrogens is 408 g/mol. The van der Waals surface area contributed by atoms with Gasteiger partial charge in [-0.2, -0.15) is 0 Å². The van der Waals surface area contributed by atoms with Gasteiger partial charge in [0.15, 0.2) is 0 Å². The summed E-state index contributed by atoms with van der Waals surface area (Å²) in [5, 5.41) is 0. The van der Waals surface area contributed by atoms with Gasteiger partial charge in [0.1, 0.15) is 23.6 Å². The molecule has 2 bridgehead atoms. The van der Waals surface area contributed by atoms with Crippen molar-refractivity contribution in [3.8, 4) is 11.5 Å². The Morgan fingerprint density at radius 3 is 2.41 bits per heavy atom. The van der Waals surface area contributed by atoms with Crippen LogP contribution in [-0.2, 0) is 27.4 Å². The highest BCUT2D eigenvalue weighted by Gasteiger charge is 2.45. The van der Waals surface area contributed by atoms with Crippen molar-refractivity contribution in [2.24, 2.45) is 0 Å². The van der Waals surface area contributed by atoms with E-state index in [0.717, 1.165) is 11.1 Å². The first-order chi connectivity index (χ1) is 15.6. The second kappa shape index (κ2) is 9.87. The molecule has 0 unspecified atom stereocenters. The molecule has 2 amide bonds. The molecule has 0 saturated carbocycles. The summed E-state index contributed by atoms with van der Waals surface area (Å²) in [6.07, 6.45) is 4.28. The van der Waals surface area contributed by atoms with Crippen molar-refractivity contribution in [2.45, 2.75) is 31.6 Å². The van der Waals surface area contributed by atoms with E-state index in [9.17, 15) is 9.59 Å². The van der Waals surface area contributed by atoms with Gasteiger partial charge in [0.2, 0.25) is 11.8 Å². The molecule has 7 heteroatoms. The van der Waals surface area contributed by atoms with E-state index in [1.165, 1.54) is 0 Å². The van der Waals surface area contributed by atoms with Gasteiger partial charge >= 0.3 is 0 Å². The zero-order valence-corrected chi connectivity index (χ0v) is 18.4. The zero-order chi connectivity index (χ0) is 22.5. The molecule has 0 spiro atoms. The molecule has 2 aromatic carbocycles. The van der Waals surface area contributed by atoms with Crippen molar-refractivity contribution in [1.29, 1.82) is 0 Å². The Kier molecular flexibility index (Phi) is 6.75. The minimum absolute atomic E-state index is 0.0847. The van der Waals surface area contributed by atoms with E-state index in [1.807, 2.05) is 54.6 Å². The fourth-order valence-corrected chi connectivity index (χ4v) is 4.21. The molecule has 2 aromatic rings. The summed E-state index contributed by atoms with van der Waals surface area (Å²) in [4.78, 5) is 30.6. The molecule has 5 rings (SSSR count). The minimum Gasteiger partial charge on any atom is -0.497 e. The Labute approximate surface area is 188 Å². The van der Waals surface area contributed by atoms with Crippen LogP contribution < -0.4 is 9.47 Å². The molecule has 0 aromatic heterocycles. The van der Waals surface area contributed by atoms with Gasteiger partial charge in [-0.25, -0.2) is 0 Å². The van der Waals surface area contributed by atoms with E-state index in [1.54, 1.807) is 30.1 Å². The van der Waals surface area contributed by atoms with Crippen molar-refractivity contribution in [2.75, 3.05) is 27.4 Å². The van der Waals surface area contributed by atoms with Crippen molar-refractivity contribution in [3.63, 3.8) is 0 Å². The Hall–Kier alpha value is -3.32. The van der Waals surface area contributed by atoms with Gasteiger partial charge in [-0.05, 0) is 24.1 Å². The summed E-state index contributed by atoms with van der Waals surface area (Å²) in [7, 11) is 3.17. The number of nitrogens with zero attached hydrogens (tertiary/aromatic N) is 2. The molecule has 0 N–H and O–H groups in total. The third kappa shape index (κ3) is 4.48. The van der Waals surface area contributed by atoms with Crippen LogP contribution in [0.15, 0.2) is 60.7 Å². The smallest absolute Gasteiger partial charge is 0.248 e. The molecule has 3 aliphatic rings. The number of hydrogen-bond donors (Lipinski definition) is 0. The minimum atomic E-state index is -0.694. The molecule has 7 nitrogen and oxygen atoms in total.